The lowest BCUT2D eigenvalue weighted by molar-refractivity contribution is 0.0255. The summed E-state index contributed by atoms with van der Waals surface area (Å²) in [6, 6.07) is 6.48. The van der Waals surface area contributed by atoms with Crippen molar-refractivity contribution in [2.24, 2.45) is 0 Å². The molecular formula is C22H30N4O2. The number of rotatable bonds is 4. The Balaban J connectivity index is 1.53. The third kappa shape index (κ3) is 3.76. The molecule has 2 heterocycles. The number of aromatic nitrogens is 2. The van der Waals surface area contributed by atoms with E-state index in [1.807, 2.05) is 36.9 Å². The molecule has 6 heteroatoms. The van der Waals surface area contributed by atoms with Crippen LogP contribution in [0.25, 0.3) is 11.0 Å². The molecular weight excluding hydrogens is 352 g/mol. The van der Waals surface area contributed by atoms with Crippen molar-refractivity contribution < 1.29 is 9.90 Å². The number of carbonyl (C=O) groups is 1. The molecule has 0 bridgehead atoms. The molecule has 1 aromatic carbocycles. The second kappa shape index (κ2) is 8.13. The second-order valence-corrected chi connectivity index (χ2v) is 8.19. The Hall–Kier alpha value is -2.05. The van der Waals surface area contributed by atoms with Gasteiger partial charge in [0, 0.05) is 43.9 Å². The van der Waals surface area contributed by atoms with Gasteiger partial charge >= 0.3 is 0 Å². The number of hydrogen-bond donors (Lipinski definition) is 1. The maximum Gasteiger partial charge on any atom is 0.254 e. The largest absolute Gasteiger partial charge is 0.396 e. The molecule has 1 saturated carbocycles. The van der Waals surface area contributed by atoms with Crippen LogP contribution in [0.4, 0.5) is 0 Å². The summed E-state index contributed by atoms with van der Waals surface area (Å²) in [6.07, 6.45) is 5.82. The quantitative estimate of drug-likeness (QED) is 0.880. The molecule has 4 rings (SSSR count). The maximum absolute atomic E-state index is 13.2. The summed E-state index contributed by atoms with van der Waals surface area (Å²) in [5.74, 6) is 0.0518. The number of aliphatic hydroxyl groups is 1. The molecule has 0 radical (unpaired) electrons. The standard InChI is InChI=1S/C22H30N4O2/c1-15-16(2)24-21-13-17(7-8-20(21)23-15)22(28)25-10-11-26(18-5-3-4-6-18)19(14-25)9-12-27/h7-8,13,18-19,27H,3-6,9-12,14H2,1-2H3. The monoisotopic (exact) mass is 382 g/mol. The minimum Gasteiger partial charge on any atom is -0.396 e. The first-order valence-corrected chi connectivity index (χ1v) is 10.5. The zero-order chi connectivity index (χ0) is 19.7. The predicted octanol–water partition coefficient (Wildman–Crippen LogP) is 2.70. The van der Waals surface area contributed by atoms with Crippen molar-refractivity contribution >= 4 is 16.9 Å². The number of aryl methyl sites for hydroxylation is 2. The van der Waals surface area contributed by atoms with Gasteiger partial charge in [-0.15, -0.1) is 0 Å². The predicted molar refractivity (Wildman–Crippen MR) is 109 cm³/mol. The minimum atomic E-state index is 0.0518. The van der Waals surface area contributed by atoms with Gasteiger partial charge in [-0.2, -0.15) is 0 Å². The Bertz CT molecular complexity index is 863. The normalized spacial score (nSPS) is 21.5. The van der Waals surface area contributed by atoms with E-state index in [1.165, 1.54) is 25.7 Å². The van der Waals surface area contributed by atoms with Crippen LogP contribution >= 0.6 is 0 Å². The lowest BCUT2D eigenvalue weighted by atomic mass is 10.0. The molecule has 2 aromatic rings. The Labute approximate surface area is 166 Å². The van der Waals surface area contributed by atoms with Crippen LogP contribution in [0.5, 0.6) is 0 Å². The summed E-state index contributed by atoms with van der Waals surface area (Å²) in [4.78, 5) is 26.8. The third-order valence-corrected chi connectivity index (χ3v) is 6.39. The molecule has 1 amide bonds. The number of nitrogens with zero attached hydrogens (tertiary/aromatic N) is 4. The molecule has 2 fully saturated rings. The topological polar surface area (TPSA) is 69.6 Å². The highest BCUT2D eigenvalue weighted by Crippen LogP contribution is 2.28. The van der Waals surface area contributed by atoms with Crippen molar-refractivity contribution in [1.82, 2.24) is 19.8 Å². The molecule has 1 unspecified atom stereocenters. The van der Waals surface area contributed by atoms with Crippen LogP contribution in [0, 0.1) is 13.8 Å². The van der Waals surface area contributed by atoms with Crippen LogP contribution in [0.15, 0.2) is 18.2 Å². The van der Waals surface area contributed by atoms with Crippen LogP contribution in [0.3, 0.4) is 0 Å². The minimum absolute atomic E-state index is 0.0518. The third-order valence-electron chi connectivity index (χ3n) is 6.39. The molecule has 1 aliphatic carbocycles. The number of fused-ring (bicyclic) bond motifs is 1. The van der Waals surface area contributed by atoms with E-state index in [4.69, 9.17) is 0 Å². The first-order chi connectivity index (χ1) is 13.6. The summed E-state index contributed by atoms with van der Waals surface area (Å²) in [6.45, 7) is 6.39. The van der Waals surface area contributed by atoms with Crippen molar-refractivity contribution in [3.05, 3.63) is 35.2 Å². The lowest BCUT2D eigenvalue weighted by Gasteiger charge is -2.44. The maximum atomic E-state index is 13.2. The fraction of sp³-hybridized carbons (Fsp3) is 0.591. The molecule has 1 N–H and O–H groups in total. The van der Waals surface area contributed by atoms with Gasteiger partial charge in [0.15, 0.2) is 0 Å². The van der Waals surface area contributed by atoms with Gasteiger partial charge in [-0.1, -0.05) is 12.8 Å². The molecule has 1 saturated heterocycles. The van der Waals surface area contributed by atoms with Gasteiger partial charge in [0.1, 0.15) is 0 Å². The Morgan fingerprint density at radius 1 is 1.11 bits per heavy atom. The lowest BCUT2D eigenvalue weighted by Crippen LogP contribution is -2.57. The van der Waals surface area contributed by atoms with E-state index in [0.29, 0.717) is 18.2 Å². The summed E-state index contributed by atoms with van der Waals surface area (Å²) in [7, 11) is 0. The number of aliphatic hydroxyl groups excluding tert-OH is 1. The van der Waals surface area contributed by atoms with E-state index in [-0.39, 0.29) is 18.6 Å². The number of carbonyl (C=O) groups excluding carboxylic acids is 1. The van der Waals surface area contributed by atoms with E-state index in [9.17, 15) is 9.90 Å². The van der Waals surface area contributed by atoms with Crippen molar-refractivity contribution in [3.63, 3.8) is 0 Å². The van der Waals surface area contributed by atoms with Crippen LogP contribution in [-0.4, -0.2) is 69.1 Å². The zero-order valence-corrected chi connectivity index (χ0v) is 16.9. The van der Waals surface area contributed by atoms with Crippen LogP contribution in [-0.2, 0) is 0 Å². The number of benzene rings is 1. The van der Waals surface area contributed by atoms with Crippen molar-refractivity contribution in [2.45, 2.75) is 58.0 Å². The second-order valence-electron chi connectivity index (χ2n) is 8.19. The van der Waals surface area contributed by atoms with E-state index in [2.05, 4.69) is 14.9 Å². The Kier molecular flexibility index (Phi) is 5.60. The molecule has 0 spiro atoms. The average molecular weight is 383 g/mol. The highest BCUT2D eigenvalue weighted by molar-refractivity contribution is 5.97. The van der Waals surface area contributed by atoms with Crippen molar-refractivity contribution in [3.8, 4) is 0 Å². The zero-order valence-electron chi connectivity index (χ0n) is 16.9. The van der Waals surface area contributed by atoms with E-state index in [1.54, 1.807) is 0 Å². The highest BCUT2D eigenvalue weighted by atomic mass is 16.3. The first-order valence-electron chi connectivity index (χ1n) is 10.5. The fourth-order valence-corrected chi connectivity index (χ4v) is 4.72. The van der Waals surface area contributed by atoms with E-state index in [0.717, 1.165) is 41.9 Å². The summed E-state index contributed by atoms with van der Waals surface area (Å²) in [5.41, 5.74) is 4.07. The van der Waals surface area contributed by atoms with Crippen LogP contribution in [0.2, 0.25) is 0 Å². The van der Waals surface area contributed by atoms with Gasteiger partial charge in [-0.3, -0.25) is 9.69 Å². The fourth-order valence-electron chi connectivity index (χ4n) is 4.72. The average Bonchev–Trinajstić information content (AvgIpc) is 3.23. The smallest absolute Gasteiger partial charge is 0.254 e. The van der Waals surface area contributed by atoms with Crippen LogP contribution < -0.4 is 0 Å². The molecule has 150 valence electrons. The van der Waals surface area contributed by atoms with Gasteiger partial charge in [-0.05, 0) is 51.3 Å². The summed E-state index contributed by atoms with van der Waals surface area (Å²) in [5, 5.41) is 9.54. The summed E-state index contributed by atoms with van der Waals surface area (Å²) < 4.78 is 0. The van der Waals surface area contributed by atoms with Crippen LogP contribution in [0.1, 0.15) is 53.8 Å². The first kappa shape index (κ1) is 19.3. The van der Waals surface area contributed by atoms with Crippen molar-refractivity contribution in [1.29, 1.82) is 0 Å². The summed E-state index contributed by atoms with van der Waals surface area (Å²) >= 11 is 0. The SMILES string of the molecule is Cc1nc2ccc(C(=O)N3CCN(C4CCCC4)C(CCO)C3)cc2nc1C. The number of amides is 1. The Morgan fingerprint density at radius 2 is 1.82 bits per heavy atom. The Morgan fingerprint density at radius 3 is 2.54 bits per heavy atom. The molecule has 2 aliphatic rings. The van der Waals surface area contributed by atoms with Gasteiger partial charge in [0.05, 0.1) is 22.4 Å². The molecule has 1 atom stereocenters. The molecule has 28 heavy (non-hydrogen) atoms. The highest BCUT2D eigenvalue weighted by Gasteiger charge is 2.34. The molecule has 1 aromatic heterocycles. The van der Waals surface area contributed by atoms with E-state index >= 15 is 0 Å². The number of hydrogen-bond acceptors (Lipinski definition) is 5. The van der Waals surface area contributed by atoms with E-state index < -0.39 is 0 Å². The van der Waals surface area contributed by atoms with Gasteiger partial charge in [0.25, 0.3) is 5.91 Å². The van der Waals surface area contributed by atoms with Gasteiger partial charge < -0.3 is 10.0 Å². The van der Waals surface area contributed by atoms with Gasteiger partial charge in [-0.25, -0.2) is 9.97 Å². The van der Waals surface area contributed by atoms with Crippen molar-refractivity contribution in [2.75, 3.05) is 26.2 Å². The molecule has 1 aliphatic heterocycles. The number of piperazine rings is 1. The molecule has 6 nitrogen and oxygen atoms in total. The van der Waals surface area contributed by atoms with Gasteiger partial charge in [0.2, 0.25) is 0 Å².